The van der Waals surface area contributed by atoms with Crippen molar-refractivity contribution in [1.29, 1.82) is 0 Å². The van der Waals surface area contributed by atoms with Gasteiger partial charge in [0.15, 0.2) is 0 Å². The Bertz CT molecular complexity index is 1020. The second-order valence-corrected chi connectivity index (χ2v) is 8.33. The first-order valence-electron chi connectivity index (χ1n) is 11.0. The number of benzene rings is 1. The van der Waals surface area contributed by atoms with Crippen molar-refractivity contribution < 1.29 is 14.3 Å². The number of methoxy groups -OCH3 is 1. The van der Waals surface area contributed by atoms with Crippen molar-refractivity contribution >= 4 is 23.1 Å². The first-order chi connectivity index (χ1) is 15.7. The molecule has 3 heterocycles. The molecule has 2 aliphatic rings. The highest BCUT2D eigenvalue weighted by Crippen LogP contribution is 2.26. The molecular weight excluding hydrogens is 426 g/mol. The molecule has 0 aliphatic carbocycles. The lowest BCUT2D eigenvalue weighted by Crippen LogP contribution is -2.33. The third-order valence-electron chi connectivity index (χ3n) is 5.77. The highest BCUT2D eigenvalue weighted by molar-refractivity contribution is 6.29. The molecule has 2 aliphatic heterocycles. The van der Waals surface area contributed by atoms with Gasteiger partial charge in [0.05, 0.1) is 23.6 Å². The quantitative estimate of drug-likeness (QED) is 0.431. The van der Waals surface area contributed by atoms with Gasteiger partial charge in [-0.05, 0) is 55.6 Å². The fourth-order valence-electron chi connectivity index (χ4n) is 4.06. The van der Waals surface area contributed by atoms with Crippen molar-refractivity contribution in [2.75, 3.05) is 39.9 Å². The number of halogens is 1. The summed E-state index contributed by atoms with van der Waals surface area (Å²) in [6, 6.07) is 13.1. The zero-order valence-corrected chi connectivity index (χ0v) is 19.1. The molecule has 0 bridgehead atoms. The molecule has 0 unspecified atom stereocenters. The topological polar surface area (TPSA) is 54.9 Å². The number of carbonyl (C=O) groups is 1. The minimum absolute atomic E-state index is 0.0408. The first kappa shape index (κ1) is 22.5. The number of aromatic nitrogens is 1. The molecule has 1 aromatic carbocycles. The molecule has 1 amide bonds. The Morgan fingerprint density at radius 2 is 1.97 bits per heavy atom. The zero-order valence-electron chi connectivity index (χ0n) is 18.3. The first-order valence-corrected chi connectivity index (χ1v) is 11.3. The lowest BCUT2D eigenvalue weighted by molar-refractivity contribution is 0.0771. The molecule has 1 aromatic heterocycles. The highest BCUT2D eigenvalue weighted by Gasteiger charge is 2.25. The molecule has 0 fully saturated rings. The predicted octanol–water partition coefficient (Wildman–Crippen LogP) is 4.63. The van der Waals surface area contributed by atoms with Crippen LogP contribution in [0.1, 0.15) is 35.3 Å². The monoisotopic (exact) mass is 453 g/mol. The van der Waals surface area contributed by atoms with E-state index in [1.165, 1.54) is 5.57 Å². The van der Waals surface area contributed by atoms with Gasteiger partial charge >= 0.3 is 0 Å². The van der Waals surface area contributed by atoms with Gasteiger partial charge in [-0.2, -0.15) is 0 Å². The standard InChI is InChI=1S/C25H28ClN3O3/c1-31-17-20-18-32-23-9-3-2-7-21(23)25(30)29(20)14-5-4-13-28-15-11-19(12-16-28)22-8-6-10-24(26)27-22/h2-3,6-11,18H,4-5,12-17H2,1H3. The predicted molar refractivity (Wildman–Crippen MR) is 126 cm³/mol. The lowest BCUT2D eigenvalue weighted by atomic mass is 10.0. The van der Waals surface area contributed by atoms with E-state index in [1.54, 1.807) is 30.4 Å². The minimum atomic E-state index is -0.0408. The van der Waals surface area contributed by atoms with Crippen molar-refractivity contribution in [3.8, 4) is 5.75 Å². The number of rotatable bonds is 8. The van der Waals surface area contributed by atoms with Gasteiger partial charge in [0.25, 0.3) is 5.91 Å². The fraction of sp³-hybridized carbons (Fsp3) is 0.360. The van der Waals surface area contributed by atoms with Gasteiger partial charge in [-0.15, -0.1) is 0 Å². The van der Waals surface area contributed by atoms with Crippen molar-refractivity contribution in [1.82, 2.24) is 14.8 Å². The Labute approximate surface area is 194 Å². The van der Waals surface area contributed by atoms with Crippen LogP contribution in [0.25, 0.3) is 5.57 Å². The average molecular weight is 454 g/mol. The zero-order chi connectivity index (χ0) is 22.3. The van der Waals surface area contributed by atoms with E-state index >= 15 is 0 Å². The van der Waals surface area contributed by atoms with Crippen LogP contribution in [0, 0.1) is 0 Å². The highest BCUT2D eigenvalue weighted by atomic mass is 35.5. The van der Waals surface area contributed by atoms with E-state index in [9.17, 15) is 4.79 Å². The molecule has 168 valence electrons. The molecular formula is C25H28ClN3O3. The minimum Gasteiger partial charge on any atom is -0.462 e. The molecule has 0 saturated heterocycles. The van der Waals surface area contributed by atoms with Crippen molar-refractivity contribution in [2.45, 2.75) is 19.3 Å². The summed E-state index contributed by atoms with van der Waals surface area (Å²) in [5.41, 5.74) is 3.55. The van der Waals surface area contributed by atoms with Gasteiger partial charge in [0.2, 0.25) is 0 Å². The van der Waals surface area contributed by atoms with Crippen LogP contribution < -0.4 is 4.74 Å². The second-order valence-electron chi connectivity index (χ2n) is 7.95. The normalized spacial score (nSPS) is 16.7. The number of nitrogens with zero attached hydrogens (tertiary/aromatic N) is 3. The summed E-state index contributed by atoms with van der Waals surface area (Å²) in [7, 11) is 1.62. The summed E-state index contributed by atoms with van der Waals surface area (Å²) < 4.78 is 11.0. The number of hydrogen-bond donors (Lipinski definition) is 0. The van der Waals surface area contributed by atoms with Crippen LogP contribution in [0.2, 0.25) is 5.15 Å². The third-order valence-corrected chi connectivity index (χ3v) is 5.98. The summed E-state index contributed by atoms with van der Waals surface area (Å²) >= 11 is 6.02. The number of para-hydroxylation sites is 1. The number of hydrogen-bond acceptors (Lipinski definition) is 5. The summed E-state index contributed by atoms with van der Waals surface area (Å²) in [6.45, 7) is 3.86. The lowest BCUT2D eigenvalue weighted by Gasteiger charge is -2.27. The largest absolute Gasteiger partial charge is 0.462 e. The maximum Gasteiger partial charge on any atom is 0.261 e. The van der Waals surface area contributed by atoms with Gasteiger partial charge < -0.3 is 14.4 Å². The average Bonchev–Trinajstić information content (AvgIpc) is 2.94. The SMILES string of the molecule is COCC1=COc2ccccc2C(=O)N1CCCCN1CC=C(c2cccc(Cl)n2)CC1. The van der Waals surface area contributed by atoms with Gasteiger partial charge in [-0.1, -0.05) is 35.9 Å². The van der Waals surface area contributed by atoms with E-state index in [1.807, 2.05) is 30.3 Å². The summed E-state index contributed by atoms with van der Waals surface area (Å²) in [5, 5.41) is 0.531. The molecule has 2 aromatic rings. The number of amides is 1. The Balaban J connectivity index is 1.30. The van der Waals surface area contributed by atoms with Crippen molar-refractivity contribution in [2.24, 2.45) is 0 Å². The molecule has 32 heavy (non-hydrogen) atoms. The Morgan fingerprint density at radius 3 is 2.75 bits per heavy atom. The number of pyridine rings is 1. The third kappa shape index (κ3) is 5.38. The molecule has 0 saturated carbocycles. The summed E-state index contributed by atoms with van der Waals surface area (Å²) in [5.74, 6) is 0.541. The van der Waals surface area contributed by atoms with Crippen LogP contribution in [0.5, 0.6) is 5.75 Å². The van der Waals surface area contributed by atoms with Crippen LogP contribution in [-0.2, 0) is 4.74 Å². The van der Waals surface area contributed by atoms with E-state index in [0.29, 0.717) is 29.6 Å². The number of ether oxygens (including phenoxy) is 2. The second kappa shape index (κ2) is 10.8. The molecule has 0 N–H and O–H groups in total. The molecule has 0 spiro atoms. The molecule has 6 nitrogen and oxygen atoms in total. The Hall–Kier alpha value is -2.67. The number of unbranched alkanes of at least 4 members (excludes halogenated alkanes) is 1. The Morgan fingerprint density at radius 1 is 1.12 bits per heavy atom. The Kier molecular flexibility index (Phi) is 7.58. The fourth-order valence-corrected chi connectivity index (χ4v) is 4.23. The van der Waals surface area contributed by atoms with Crippen LogP contribution >= 0.6 is 11.6 Å². The maximum absolute atomic E-state index is 13.1. The molecule has 0 radical (unpaired) electrons. The van der Waals surface area contributed by atoms with Gasteiger partial charge in [0.1, 0.15) is 17.2 Å². The van der Waals surface area contributed by atoms with E-state index in [-0.39, 0.29) is 5.91 Å². The van der Waals surface area contributed by atoms with Gasteiger partial charge in [0, 0.05) is 26.7 Å². The maximum atomic E-state index is 13.1. The molecule has 7 heteroatoms. The molecule has 4 rings (SSSR count). The van der Waals surface area contributed by atoms with E-state index in [0.717, 1.165) is 50.3 Å². The number of carbonyl (C=O) groups excluding carboxylic acids is 1. The summed E-state index contributed by atoms with van der Waals surface area (Å²) in [4.78, 5) is 21.8. The van der Waals surface area contributed by atoms with Gasteiger partial charge in [-0.25, -0.2) is 4.98 Å². The smallest absolute Gasteiger partial charge is 0.261 e. The van der Waals surface area contributed by atoms with Crippen molar-refractivity contribution in [3.05, 3.63) is 76.9 Å². The van der Waals surface area contributed by atoms with Crippen LogP contribution in [0.3, 0.4) is 0 Å². The van der Waals surface area contributed by atoms with Crippen LogP contribution in [0.15, 0.2) is 60.5 Å². The number of fused-ring (bicyclic) bond motifs is 1. The summed E-state index contributed by atoms with van der Waals surface area (Å²) in [6.07, 6.45) is 6.75. The van der Waals surface area contributed by atoms with Gasteiger partial charge in [-0.3, -0.25) is 9.69 Å². The molecule has 0 atom stereocenters. The van der Waals surface area contributed by atoms with Crippen molar-refractivity contribution in [3.63, 3.8) is 0 Å². The van der Waals surface area contributed by atoms with E-state index < -0.39 is 0 Å². The van der Waals surface area contributed by atoms with Crippen LogP contribution in [0.4, 0.5) is 0 Å². The van der Waals surface area contributed by atoms with Crippen LogP contribution in [-0.4, -0.2) is 60.6 Å². The van der Waals surface area contributed by atoms with E-state index in [2.05, 4.69) is 16.0 Å². The van der Waals surface area contributed by atoms with E-state index in [4.69, 9.17) is 21.1 Å².